The van der Waals surface area contributed by atoms with E-state index >= 15 is 0 Å². The van der Waals surface area contributed by atoms with Crippen LogP contribution in [-0.4, -0.2) is 42.5 Å². The van der Waals surface area contributed by atoms with Gasteiger partial charge < -0.3 is 9.90 Å². The highest BCUT2D eigenvalue weighted by atomic mass is 19.1. The molecule has 140 valence electrons. The largest absolute Gasteiger partial charge is 0.396 e. The Labute approximate surface area is 155 Å². The average Bonchev–Trinajstić information content (AvgIpc) is 2.65. The number of benzene rings is 1. The molecule has 0 saturated heterocycles. The lowest BCUT2D eigenvalue weighted by atomic mass is 9.91. The van der Waals surface area contributed by atoms with E-state index in [1.165, 1.54) is 0 Å². The predicted molar refractivity (Wildman–Crippen MR) is 103 cm³/mol. The fourth-order valence-electron chi connectivity index (χ4n) is 2.82. The zero-order valence-corrected chi connectivity index (χ0v) is 15.7. The van der Waals surface area contributed by atoms with E-state index in [-0.39, 0.29) is 17.8 Å². The Hall–Kier alpha value is -1.96. The minimum Gasteiger partial charge on any atom is -0.396 e. The summed E-state index contributed by atoms with van der Waals surface area (Å²) < 4.78 is 14.3. The van der Waals surface area contributed by atoms with E-state index < -0.39 is 0 Å². The summed E-state index contributed by atoms with van der Waals surface area (Å²) in [6.45, 7) is 6.67. The van der Waals surface area contributed by atoms with Crippen LogP contribution in [0.15, 0.2) is 24.3 Å². The van der Waals surface area contributed by atoms with E-state index in [1.54, 1.807) is 12.1 Å². The number of unbranched alkanes of at least 4 members (excludes halogenated alkanes) is 1. The summed E-state index contributed by atoms with van der Waals surface area (Å²) in [5.41, 5.74) is 2.20. The maximum absolute atomic E-state index is 14.3. The van der Waals surface area contributed by atoms with Gasteiger partial charge in [0.1, 0.15) is 12.1 Å². The van der Waals surface area contributed by atoms with Crippen LogP contribution >= 0.6 is 0 Å². The van der Waals surface area contributed by atoms with E-state index in [1.807, 2.05) is 19.9 Å². The molecular weight excluding hydrogens is 329 g/mol. The first kappa shape index (κ1) is 20.4. The van der Waals surface area contributed by atoms with Crippen molar-refractivity contribution in [2.24, 2.45) is 5.41 Å². The van der Waals surface area contributed by atoms with Crippen molar-refractivity contribution in [3.8, 4) is 11.8 Å². The SMILES string of the molecule is CC(C)(C=O)CCN1CC=C(c2ccc(C#CCCCO)c(F)c2)CC1. The van der Waals surface area contributed by atoms with Gasteiger partial charge in [0, 0.05) is 31.5 Å². The number of halogens is 1. The first-order chi connectivity index (χ1) is 12.4. The maximum Gasteiger partial charge on any atom is 0.139 e. The Balaban J connectivity index is 1.96. The van der Waals surface area contributed by atoms with Crippen LogP contribution in [0.25, 0.3) is 5.57 Å². The Morgan fingerprint density at radius 2 is 2.19 bits per heavy atom. The van der Waals surface area contributed by atoms with E-state index in [0.29, 0.717) is 18.4 Å². The minimum atomic E-state index is -0.296. The van der Waals surface area contributed by atoms with Gasteiger partial charge in [0.15, 0.2) is 0 Å². The number of carbonyl (C=O) groups is 1. The Morgan fingerprint density at radius 3 is 2.81 bits per heavy atom. The molecule has 3 nitrogen and oxygen atoms in total. The number of nitrogens with zero attached hydrogens (tertiary/aromatic N) is 1. The second kappa shape index (κ2) is 9.66. The highest BCUT2D eigenvalue weighted by Crippen LogP contribution is 2.25. The smallest absolute Gasteiger partial charge is 0.139 e. The van der Waals surface area contributed by atoms with Crippen molar-refractivity contribution in [2.45, 2.75) is 39.5 Å². The van der Waals surface area contributed by atoms with Crippen LogP contribution in [0.2, 0.25) is 0 Å². The second-order valence-corrected chi connectivity index (χ2v) is 7.46. The van der Waals surface area contributed by atoms with Crippen molar-refractivity contribution in [3.05, 3.63) is 41.2 Å². The third-order valence-electron chi connectivity index (χ3n) is 4.71. The molecule has 1 aliphatic rings. The lowest BCUT2D eigenvalue weighted by Crippen LogP contribution is -2.32. The highest BCUT2D eigenvalue weighted by molar-refractivity contribution is 5.67. The van der Waals surface area contributed by atoms with Crippen molar-refractivity contribution in [3.63, 3.8) is 0 Å². The fraction of sp³-hybridized carbons (Fsp3) is 0.500. The Kier molecular flexibility index (Phi) is 7.56. The molecule has 1 aromatic carbocycles. The molecule has 0 fully saturated rings. The van der Waals surface area contributed by atoms with Gasteiger partial charge in [0.25, 0.3) is 0 Å². The number of hydrogen-bond donors (Lipinski definition) is 1. The number of aliphatic hydroxyl groups is 1. The van der Waals surface area contributed by atoms with E-state index in [4.69, 9.17) is 5.11 Å². The fourth-order valence-corrected chi connectivity index (χ4v) is 2.82. The number of carbonyl (C=O) groups excluding carboxylic acids is 1. The van der Waals surface area contributed by atoms with Gasteiger partial charge in [0.2, 0.25) is 0 Å². The molecule has 0 radical (unpaired) electrons. The van der Waals surface area contributed by atoms with Crippen molar-refractivity contribution in [1.82, 2.24) is 4.90 Å². The molecule has 1 N–H and O–H groups in total. The van der Waals surface area contributed by atoms with Gasteiger partial charge in [-0.2, -0.15) is 0 Å². The maximum atomic E-state index is 14.3. The third-order valence-corrected chi connectivity index (χ3v) is 4.71. The standard InChI is InChI=1S/C22H28FNO2/c1-22(2,17-26)11-14-24-12-9-18(10-13-24)20-8-7-19(21(23)16-20)6-4-3-5-15-25/h7-9,16-17,25H,3,5,10-15H2,1-2H3. The third kappa shape index (κ3) is 6.09. The van der Waals surface area contributed by atoms with Gasteiger partial charge in [0.05, 0.1) is 5.56 Å². The zero-order valence-electron chi connectivity index (χ0n) is 15.7. The summed E-state index contributed by atoms with van der Waals surface area (Å²) in [5, 5.41) is 8.74. The summed E-state index contributed by atoms with van der Waals surface area (Å²) in [6, 6.07) is 5.22. The zero-order chi connectivity index (χ0) is 19.0. The molecule has 0 saturated carbocycles. The average molecular weight is 357 g/mol. The topological polar surface area (TPSA) is 40.5 Å². The molecule has 1 heterocycles. The molecule has 0 unspecified atom stereocenters. The molecule has 0 spiro atoms. The molecule has 26 heavy (non-hydrogen) atoms. The van der Waals surface area contributed by atoms with E-state index in [0.717, 1.165) is 49.9 Å². The molecule has 0 atom stereocenters. The molecule has 1 aliphatic heterocycles. The Bertz CT molecular complexity index is 713. The van der Waals surface area contributed by atoms with Gasteiger partial charge >= 0.3 is 0 Å². The number of rotatable bonds is 7. The van der Waals surface area contributed by atoms with Crippen LogP contribution in [0.4, 0.5) is 4.39 Å². The lowest BCUT2D eigenvalue weighted by Gasteiger charge is -2.29. The molecule has 0 aromatic heterocycles. The van der Waals surface area contributed by atoms with E-state index in [2.05, 4.69) is 22.8 Å². The van der Waals surface area contributed by atoms with Gasteiger partial charge in [-0.05, 0) is 49.1 Å². The molecule has 1 aromatic rings. The van der Waals surface area contributed by atoms with Crippen molar-refractivity contribution in [2.75, 3.05) is 26.2 Å². The molecule has 0 aliphatic carbocycles. The molecule has 4 heteroatoms. The van der Waals surface area contributed by atoms with E-state index in [9.17, 15) is 9.18 Å². The first-order valence-electron chi connectivity index (χ1n) is 9.22. The number of aliphatic hydroxyl groups excluding tert-OH is 1. The minimum absolute atomic E-state index is 0.105. The Morgan fingerprint density at radius 1 is 1.38 bits per heavy atom. The summed E-state index contributed by atoms with van der Waals surface area (Å²) in [5.74, 6) is 5.42. The van der Waals surface area contributed by atoms with Gasteiger partial charge in [-0.3, -0.25) is 4.90 Å². The predicted octanol–water partition coefficient (Wildman–Crippen LogP) is 3.65. The van der Waals surface area contributed by atoms with Crippen LogP contribution in [0.5, 0.6) is 0 Å². The van der Waals surface area contributed by atoms with Crippen molar-refractivity contribution >= 4 is 11.9 Å². The van der Waals surface area contributed by atoms with Crippen LogP contribution in [0, 0.1) is 23.1 Å². The molecule has 2 rings (SSSR count). The van der Waals surface area contributed by atoms with Gasteiger partial charge in [-0.15, -0.1) is 0 Å². The number of hydrogen-bond acceptors (Lipinski definition) is 3. The summed E-state index contributed by atoms with van der Waals surface area (Å²) in [6.07, 6.45) is 6.08. The second-order valence-electron chi connectivity index (χ2n) is 7.46. The molecule has 0 amide bonds. The molecule has 0 bridgehead atoms. The number of aldehydes is 1. The van der Waals surface area contributed by atoms with Crippen LogP contribution in [0.3, 0.4) is 0 Å². The van der Waals surface area contributed by atoms with Gasteiger partial charge in [-0.25, -0.2) is 4.39 Å². The normalized spacial score (nSPS) is 15.2. The highest BCUT2D eigenvalue weighted by Gasteiger charge is 2.20. The summed E-state index contributed by atoms with van der Waals surface area (Å²) in [4.78, 5) is 13.3. The lowest BCUT2D eigenvalue weighted by molar-refractivity contribution is -0.115. The van der Waals surface area contributed by atoms with Crippen molar-refractivity contribution < 1.29 is 14.3 Å². The monoisotopic (exact) mass is 357 g/mol. The van der Waals surface area contributed by atoms with Crippen molar-refractivity contribution in [1.29, 1.82) is 0 Å². The van der Waals surface area contributed by atoms with Crippen LogP contribution in [-0.2, 0) is 4.79 Å². The van der Waals surface area contributed by atoms with Gasteiger partial charge in [-0.1, -0.05) is 37.8 Å². The van der Waals surface area contributed by atoms with Crippen LogP contribution < -0.4 is 0 Å². The quantitative estimate of drug-likeness (QED) is 0.460. The summed E-state index contributed by atoms with van der Waals surface area (Å²) in [7, 11) is 0. The first-order valence-corrected chi connectivity index (χ1v) is 9.22. The van der Waals surface area contributed by atoms with Crippen LogP contribution in [0.1, 0.15) is 50.7 Å². The molecular formula is C22H28FNO2. The summed E-state index contributed by atoms with van der Waals surface area (Å²) >= 11 is 0.